The molecule has 0 atom stereocenters. The molecule has 1 saturated heterocycles. The molecule has 0 radical (unpaired) electrons. The summed E-state index contributed by atoms with van der Waals surface area (Å²) < 4.78 is 1.46. The van der Waals surface area contributed by atoms with Gasteiger partial charge >= 0.3 is 0 Å². The second kappa shape index (κ2) is 9.49. The van der Waals surface area contributed by atoms with Crippen molar-refractivity contribution in [3.05, 3.63) is 69.0 Å². The van der Waals surface area contributed by atoms with E-state index in [1.54, 1.807) is 29.2 Å². The largest absolute Gasteiger partial charge is 0.508 e. The molecule has 1 amide bonds. The summed E-state index contributed by atoms with van der Waals surface area (Å²) in [6.45, 7) is 0.410. The number of thiocarbonyl (C=S) groups is 1. The fraction of sp³-hybridized carbons (Fsp3) is 0.190. The molecule has 0 spiro atoms. The maximum absolute atomic E-state index is 12.6. The van der Waals surface area contributed by atoms with Gasteiger partial charge in [0, 0.05) is 29.4 Å². The van der Waals surface area contributed by atoms with Gasteiger partial charge in [-0.15, -0.1) is 0 Å². The lowest BCUT2D eigenvalue weighted by Crippen LogP contribution is -2.29. The lowest BCUT2D eigenvalue weighted by Gasteiger charge is -2.14. The van der Waals surface area contributed by atoms with E-state index in [9.17, 15) is 14.7 Å². The number of aromatic hydroxyl groups is 1. The number of halogens is 1. The van der Waals surface area contributed by atoms with Crippen molar-refractivity contribution < 1.29 is 14.7 Å². The van der Waals surface area contributed by atoms with Gasteiger partial charge in [0.15, 0.2) is 0 Å². The number of ketones is 1. The Bertz CT molecular complexity index is 958. The van der Waals surface area contributed by atoms with Crippen LogP contribution < -0.4 is 0 Å². The second-order valence-corrected chi connectivity index (χ2v) is 8.93. The number of amides is 1. The first-order valence-corrected chi connectivity index (χ1v) is 10.8. The maximum Gasteiger partial charge on any atom is 0.266 e. The minimum absolute atomic E-state index is 0.0246. The number of phenols is 1. The highest BCUT2D eigenvalue weighted by Gasteiger charge is 2.31. The third kappa shape index (κ3) is 5.31. The van der Waals surface area contributed by atoms with Gasteiger partial charge in [-0.25, -0.2) is 0 Å². The Hall–Kier alpha value is -1.96. The molecule has 144 valence electrons. The molecule has 1 fully saturated rings. The van der Waals surface area contributed by atoms with E-state index in [0.29, 0.717) is 34.2 Å². The molecule has 2 aromatic carbocycles. The van der Waals surface area contributed by atoms with Gasteiger partial charge in [-0.1, -0.05) is 70.2 Å². The highest BCUT2D eigenvalue weighted by Crippen LogP contribution is 2.33. The lowest BCUT2D eigenvalue weighted by atomic mass is 10.0. The SMILES string of the molecule is O=C(CCCN1C(=O)/C(=C/c2cccc(Br)c2)SC1=S)Cc1ccccc1O. The summed E-state index contributed by atoms with van der Waals surface area (Å²) in [4.78, 5) is 26.9. The van der Waals surface area contributed by atoms with Crippen LogP contribution in [0.3, 0.4) is 0 Å². The van der Waals surface area contributed by atoms with Crippen molar-refractivity contribution in [1.29, 1.82) is 0 Å². The summed E-state index contributed by atoms with van der Waals surface area (Å²) in [5, 5.41) is 9.76. The van der Waals surface area contributed by atoms with E-state index in [0.717, 1.165) is 10.0 Å². The van der Waals surface area contributed by atoms with Crippen molar-refractivity contribution in [3.63, 3.8) is 0 Å². The first-order chi connectivity index (χ1) is 13.4. The Balaban J connectivity index is 1.55. The maximum atomic E-state index is 12.6. The molecular formula is C21H18BrNO3S2. The lowest BCUT2D eigenvalue weighted by molar-refractivity contribution is -0.123. The van der Waals surface area contributed by atoms with Gasteiger partial charge in [-0.2, -0.15) is 0 Å². The Labute approximate surface area is 181 Å². The van der Waals surface area contributed by atoms with Crippen molar-refractivity contribution >= 4 is 62.0 Å². The molecule has 0 bridgehead atoms. The standard InChI is InChI=1S/C21H18BrNO3S2/c22-16-7-3-5-14(11-16)12-19-20(26)23(21(27)28-19)10-4-8-17(24)13-15-6-1-2-9-18(15)25/h1-3,5-7,9,11-12,25H,4,8,10,13H2/b19-12-. The Morgan fingerprint density at radius 2 is 2.00 bits per heavy atom. The summed E-state index contributed by atoms with van der Waals surface area (Å²) in [5.74, 6) is 0.0326. The molecule has 2 aromatic rings. The highest BCUT2D eigenvalue weighted by molar-refractivity contribution is 9.10. The predicted octanol–water partition coefficient (Wildman–Crippen LogP) is 4.95. The molecule has 4 nitrogen and oxygen atoms in total. The fourth-order valence-corrected chi connectivity index (χ4v) is 4.56. The Kier molecular flexibility index (Phi) is 7.04. The minimum Gasteiger partial charge on any atom is -0.508 e. The van der Waals surface area contributed by atoms with Crippen LogP contribution in [0.15, 0.2) is 57.9 Å². The van der Waals surface area contributed by atoms with Crippen LogP contribution in [0.5, 0.6) is 5.75 Å². The molecule has 1 heterocycles. The number of thioether (sulfide) groups is 1. The molecule has 1 aliphatic heterocycles. The summed E-state index contributed by atoms with van der Waals surface area (Å²) in [6.07, 6.45) is 2.88. The predicted molar refractivity (Wildman–Crippen MR) is 120 cm³/mol. The smallest absolute Gasteiger partial charge is 0.266 e. The molecule has 0 aromatic heterocycles. The van der Waals surface area contributed by atoms with Crippen LogP contribution in [-0.4, -0.2) is 32.6 Å². The van der Waals surface area contributed by atoms with Crippen molar-refractivity contribution in [2.75, 3.05) is 6.54 Å². The molecule has 1 N–H and O–H groups in total. The van der Waals surface area contributed by atoms with Crippen LogP contribution in [0.1, 0.15) is 24.0 Å². The van der Waals surface area contributed by atoms with E-state index in [-0.39, 0.29) is 23.9 Å². The van der Waals surface area contributed by atoms with E-state index in [1.165, 1.54) is 11.8 Å². The van der Waals surface area contributed by atoms with E-state index in [2.05, 4.69) is 15.9 Å². The van der Waals surface area contributed by atoms with Crippen LogP contribution in [-0.2, 0) is 16.0 Å². The second-order valence-electron chi connectivity index (χ2n) is 6.34. The van der Waals surface area contributed by atoms with Gasteiger partial charge in [0.2, 0.25) is 0 Å². The zero-order valence-corrected chi connectivity index (χ0v) is 18.1. The minimum atomic E-state index is -0.122. The van der Waals surface area contributed by atoms with Crippen LogP contribution in [0, 0.1) is 0 Å². The van der Waals surface area contributed by atoms with Crippen molar-refractivity contribution in [3.8, 4) is 5.75 Å². The summed E-state index contributed by atoms with van der Waals surface area (Å²) in [6, 6.07) is 14.5. The number of phenolic OH excluding ortho intramolecular Hbond substituents is 1. The van der Waals surface area contributed by atoms with Crippen molar-refractivity contribution in [1.82, 2.24) is 4.90 Å². The summed E-state index contributed by atoms with van der Waals surface area (Å²) in [5.41, 5.74) is 1.54. The third-order valence-corrected chi connectivity index (χ3v) is 6.11. The van der Waals surface area contributed by atoms with Crippen LogP contribution >= 0.6 is 39.9 Å². The van der Waals surface area contributed by atoms with E-state index >= 15 is 0 Å². The first kappa shape index (κ1) is 20.8. The fourth-order valence-electron chi connectivity index (χ4n) is 2.84. The molecule has 1 aliphatic rings. The number of hydrogen-bond donors (Lipinski definition) is 1. The number of rotatable bonds is 7. The van der Waals surface area contributed by atoms with Crippen molar-refractivity contribution in [2.24, 2.45) is 0 Å². The van der Waals surface area contributed by atoms with Crippen LogP contribution in [0.4, 0.5) is 0 Å². The van der Waals surface area contributed by atoms with Gasteiger partial charge in [0.05, 0.1) is 4.91 Å². The quantitative estimate of drug-likeness (QED) is 0.453. The number of hydrogen-bond acceptors (Lipinski definition) is 5. The summed E-state index contributed by atoms with van der Waals surface area (Å²) >= 11 is 10.0. The third-order valence-electron chi connectivity index (χ3n) is 4.24. The van der Waals surface area contributed by atoms with Gasteiger partial charge < -0.3 is 5.11 Å². The number of para-hydroxylation sites is 1. The number of nitrogens with zero attached hydrogens (tertiary/aromatic N) is 1. The number of carbonyl (C=O) groups excluding carboxylic acids is 2. The molecular weight excluding hydrogens is 458 g/mol. The van der Waals surface area contributed by atoms with Crippen molar-refractivity contribution in [2.45, 2.75) is 19.3 Å². The average Bonchev–Trinajstić information content (AvgIpc) is 2.91. The zero-order chi connectivity index (χ0) is 20.1. The number of Topliss-reactive ketones (excluding diaryl/α,β-unsaturated/α-hetero) is 1. The van der Waals surface area contributed by atoms with Crippen LogP contribution in [0.2, 0.25) is 0 Å². The van der Waals surface area contributed by atoms with Gasteiger partial charge in [-0.05, 0) is 36.3 Å². The Morgan fingerprint density at radius 3 is 2.75 bits per heavy atom. The van der Waals surface area contributed by atoms with Gasteiger partial charge in [-0.3, -0.25) is 14.5 Å². The zero-order valence-electron chi connectivity index (χ0n) is 14.9. The van der Waals surface area contributed by atoms with E-state index in [4.69, 9.17) is 12.2 Å². The van der Waals surface area contributed by atoms with Gasteiger partial charge in [0.25, 0.3) is 5.91 Å². The molecule has 0 saturated carbocycles. The van der Waals surface area contributed by atoms with Gasteiger partial charge in [0.1, 0.15) is 15.9 Å². The monoisotopic (exact) mass is 475 g/mol. The van der Waals surface area contributed by atoms with E-state index < -0.39 is 0 Å². The molecule has 28 heavy (non-hydrogen) atoms. The normalized spacial score (nSPS) is 15.5. The van der Waals surface area contributed by atoms with E-state index in [1.807, 2.05) is 30.3 Å². The molecule has 3 rings (SSSR count). The first-order valence-electron chi connectivity index (χ1n) is 8.73. The topological polar surface area (TPSA) is 57.6 Å². The summed E-state index contributed by atoms with van der Waals surface area (Å²) in [7, 11) is 0. The Morgan fingerprint density at radius 1 is 1.21 bits per heavy atom. The number of benzene rings is 2. The number of carbonyl (C=O) groups is 2. The van der Waals surface area contributed by atoms with Crippen LogP contribution in [0.25, 0.3) is 6.08 Å². The average molecular weight is 476 g/mol. The highest BCUT2D eigenvalue weighted by atomic mass is 79.9. The molecule has 7 heteroatoms. The molecule has 0 aliphatic carbocycles. The molecule has 0 unspecified atom stereocenters.